The van der Waals surface area contributed by atoms with Gasteiger partial charge in [-0.3, -0.25) is 0 Å². The zero-order valence-corrected chi connectivity index (χ0v) is 12.1. The molecule has 1 aromatic rings. The van der Waals surface area contributed by atoms with E-state index in [0.29, 0.717) is 18.4 Å². The third-order valence-electron chi connectivity index (χ3n) is 3.56. The summed E-state index contributed by atoms with van der Waals surface area (Å²) in [4.78, 5) is 14.6. The second-order valence-electron chi connectivity index (χ2n) is 4.91. The summed E-state index contributed by atoms with van der Waals surface area (Å²) in [5.41, 5.74) is 0.00840. The van der Waals surface area contributed by atoms with Crippen molar-refractivity contribution in [1.82, 2.24) is 15.0 Å². The summed E-state index contributed by atoms with van der Waals surface area (Å²) in [5.74, 6) is 1.06. The van der Waals surface area contributed by atoms with Crippen LogP contribution in [0.3, 0.4) is 0 Å². The minimum absolute atomic E-state index is 0.00840. The largest absolute Gasteiger partial charge is 0.396 e. The van der Waals surface area contributed by atoms with Crippen LogP contribution in [0.5, 0.6) is 0 Å². The van der Waals surface area contributed by atoms with Crippen LogP contribution in [0, 0.1) is 5.41 Å². The van der Waals surface area contributed by atoms with E-state index >= 15 is 0 Å². The number of halogens is 1. The van der Waals surface area contributed by atoms with Crippen LogP contribution in [0.25, 0.3) is 0 Å². The van der Waals surface area contributed by atoms with Crippen molar-refractivity contribution in [2.45, 2.75) is 26.7 Å². The van der Waals surface area contributed by atoms with Gasteiger partial charge in [0, 0.05) is 25.0 Å². The number of aliphatic hydroxyl groups is 1. The lowest BCUT2D eigenvalue weighted by atomic mass is 10.1. The van der Waals surface area contributed by atoms with E-state index in [1.807, 2.05) is 18.7 Å². The molecular formula is C12H20ClN5O. The summed E-state index contributed by atoms with van der Waals surface area (Å²) in [6.07, 6.45) is 2.08. The van der Waals surface area contributed by atoms with Crippen molar-refractivity contribution < 1.29 is 5.11 Å². The van der Waals surface area contributed by atoms with Crippen LogP contribution in [0.15, 0.2) is 0 Å². The molecule has 2 N–H and O–H groups in total. The van der Waals surface area contributed by atoms with Crippen LogP contribution >= 0.6 is 11.6 Å². The van der Waals surface area contributed by atoms with Crippen molar-refractivity contribution in [2.75, 3.05) is 36.5 Å². The van der Waals surface area contributed by atoms with Gasteiger partial charge in [-0.25, -0.2) is 0 Å². The summed E-state index contributed by atoms with van der Waals surface area (Å²) >= 11 is 5.93. The molecule has 19 heavy (non-hydrogen) atoms. The number of nitrogens with zero attached hydrogens (tertiary/aromatic N) is 4. The molecular weight excluding hydrogens is 266 g/mol. The third kappa shape index (κ3) is 3.45. The van der Waals surface area contributed by atoms with Crippen LogP contribution in [-0.4, -0.2) is 46.3 Å². The number of hydrogen-bond acceptors (Lipinski definition) is 6. The van der Waals surface area contributed by atoms with Crippen molar-refractivity contribution in [2.24, 2.45) is 5.41 Å². The summed E-state index contributed by atoms with van der Waals surface area (Å²) in [7, 11) is 0. The Morgan fingerprint density at radius 2 is 1.95 bits per heavy atom. The molecule has 1 fully saturated rings. The van der Waals surface area contributed by atoms with E-state index < -0.39 is 0 Å². The topological polar surface area (TPSA) is 74.2 Å². The van der Waals surface area contributed by atoms with Gasteiger partial charge in [0.2, 0.25) is 17.2 Å². The second-order valence-corrected chi connectivity index (χ2v) is 5.25. The standard InChI is InChI=1S/C12H20ClN5O/c1-3-18(4-2)11-16-9(13)15-10(17-11)14-7-12(8-19)5-6-12/h19H,3-8H2,1-2H3,(H,14,15,16,17). The molecule has 1 heterocycles. The fraction of sp³-hybridized carbons (Fsp3) is 0.750. The molecule has 0 bridgehead atoms. The van der Waals surface area contributed by atoms with Crippen molar-refractivity contribution >= 4 is 23.5 Å². The molecule has 0 unspecified atom stereocenters. The smallest absolute Gasteiger partial charge is 0.231 e. The zero-order valence-electron chi connectivity index (χ0n) is 11.4. The van der Waals surface area contributed by atoms with Gasteiger partial charge in [0.1, 0.15) is 0 Å². The van der Waals surface area contributed by atoms with Gasteiger partial charge in [-0.2, -0.15) is 15.0 Å². The fourth-order valence-electron chi connectivity index (χ4n) is 1.90. The van der Waals surface area contributed by atoms with E-state index in [2.05, 4.69) is 20.3 Å². The van der Waals surface area contributed by atoms with Gasteiger partial charge in [-0.05, 0) is 38.3 Å². The molecule has 0 aliphatic heterocycles. The molecule has 106 valence electrons. The Bertz CT molecular complexity index is 434. The Labute approximate surface area is 118 Å². The minimum Gasteiger partial charge on any atom is -0.396 e. The van der Waals surface area contributed by atoms with Crippen LogP contribution in [0.1, 0.15) is 26.7 Å². The highest BCUT2D eigenvalue weighted by Gasteiger charge is 2.41. The van der Waals surface area contributed by atoms with Crippen LogP contribution < -0.4 is 10.2 Å². The first-order valence-corrected chi connectivity index (χ1v) is 7.01. The summed E-state index contributed by atoms with van der Waals surface area (Å²) in [5, 5.41) is 12.6. The maximum absolute atomic E-state index is 9.28. The molecule has 1 saturated carbocycles. The Balaban J connectivity index is 2.08. The number of rotatable bonds is 7. The van der Waals surface area contributed by atoms with Gasteiger partial charge in [-0.15, -0.1) is 0 Å². The minimum atomic E-state index is 0.00840. The average Bonchev–Trinajstić information content (AvgIpc) is 3.18. The maximum Gasteiger partial charge on any atom is 0.231 e. The highest BCUT2D eigenvalue weighted by molar-refractivity contribution is 6.28. The first kappa shape index (κ1) is 14.3. The van der Waals surface area contributed by atoms with Crippen LogP contribution in [-0.2, 0) is 0 Å². The molecule has 6 nitrogen and oxygen atoms in total. The first-order chi connectivity index (χ1) is 9.12. The summed E-state index contributed by atoms with van der Waals surface area (Å²) in [6.45, 7) is 6.58. The molecule has 1 aliphatic rings. The molecule has 0 atom stereocenters. The highest BCUT2D eigenvalue weighted by Crippen LogP contribution is 2.44. The number of aliphatic hydroxyl groups excluding tert-OH is 1. The summed E-state index contributed by atoms with van der Waals surface area (Å²) in [6, 6.07) is 0. The van der Waals surface area contributed by atoms with E-state index in [-0.39, 0.29) is 17.3 Å². The predicted molar refractivity (Wildman–Crippen MR) is 75.6 cm³/mol. The Morgan fingerprint density at radius 1 is 1.26 bits per heavy atom. The SMILES string of the molecule is CCN(CC)c1nc(Cl)nc(NCC2(CO)CC2)n1. The molecule has 2 rings (SSSR count). The normalized spacial score (nSPS) is 16.2. The van der Waals surface area contributed by atoms with Gasteiger partial charge in [0.05, 0.1) is 6.61 Å². The van der Waals surface area contributed by atoms with Crippen LogP contribution in [0.2, 0.25) is 5.28 Å². The lowest BCUT2D eigenvalue weighted by Gasteiger charge is -2.19. The first-order valence-electron chi connectivity index (χ1n) is 6.63. The van der Waals surface area contributed by atoms with E-state index in [4.69, 9.17) is 11.6 Å². The lowest BCUT2D eigenvalue weighted by molar-refractivity contribution is 0.219. The molecule has 0 amide bonds. The molecule has 0 radical (unpaired) electrons. The number of aromatic nitrogens is 3. The molecule has 1 aliphatic carbocycles. The molecule has 0 aromatic carbocycles. The Kier molecular flexibility index (Phi) is 4.42. The monoisotopic (exact) mass is 285 g/mol. The zero-order chi connectivity index (χ0) is 13.9. The van der Waals surface area contributed by atoms with E-state index in [1.54, 1.807) is 0 Å². The molecule has 7 heteroatoms. The summed E-state index contributed by atoms with van der Waals surface area (Å²) < 4.78 is 0. The number of hydrogen-bond donors (Lipinski definition) is 2. The number of nitrogens with one attached hydrogen (secondary N) is 1. The highest BCUT2D eigenvalue weighted by atomic mass is 35.5. The van der Waals surface area contributed by atoms with Gasteiger partial charge < -0.3 is 15.3 Å². The molecule has 0 spiro atoms. The van der Waals surface area contributed by atoms with Gasteiger partial charge in [0.25, 0.3) is 0 Å². The van der Waals surface area contributed by atoms with Crippen molar-refractivity contribution in [1.29, 1.82) is 0 Å². The second kappa shape index (κ2) is 5.88. The van der Waals surface area contributed by atoms with Crippen molar-refractivity contribution in [3.8, 4) is 0 Å². The Hall–Kier alpha value is -1.14. The van der Waals surface area contributed by atoms with Gasteiger partial charge in [0.15, 0.2) is 0 Å². The van der Waals surface area contributed by atoms with Gasteiger partial charge >= 0.3 is 0 Å². The van der Waals surface area contributed by atoms with Crippen LogP contribution in [0.4, 0.5) is 11.9 Å². The average molecular weight is 286 g/mol. The maximum atomic E-state index is 9.28. The predicted octanol–water partition coefficient (Wildman–Crippen LogP) is 1.56. The Morgan fingerprint density at radius 3 is 2.47 bits per heavy atom. The fourth-order valence-corrected chi connectivity index (χ4v) is 2.06. The quantitative estimate of drug-likeness (QED) is 0.792. The third-order valence-corrected chi connectivity index (χ3v) is 3.73. The number of anilines is 2. The van der Waals surface area contributed by atoms with E-state index in [9.17, 15) is 5.11 Å². The van der Waals surface area contributed by atoms with E-state index in [1.165, 1.54) is 0 Å². The van der Waals surface area contributed by atoms with E-state index in [0.717, 1.165) is 25.9 Å². The van der Waals surface area contributed by atoms with Gasteiger partial charge in [-0.1, -0.05) is 0 Å². The van der Waals surface area contributed by atoms with Crippen molar-refractivity contribution in [3.63, 3.8) is 0 Å². The molecule has 1 aromatic heterocycles. The lowest BCUT2D eigenvalue weighted by Crippen LogP contribution is -2.26. The molecule has 0 saturated heterocycles. The van der Waals surface area contributed by atoms with Crippen molar-refractivity contribution in [3.05, 3.63) is 5.28 Å².